The standard InChI is InChI=1S/C12H10N4/c1-2-4-9(5-3-1)15-10-6-7-13-11-8-14-16-12(10)11/h1-8H,(H,13,15)(H,14,16). The zero-order chi connectivity index (χ0) is 10.8. The molecule has 0 aliphatic carbocycles. The van der Waals surface area contributed by atoms with Crippen LogP contribution < -0.4 is 5.32 Å². The van der Waals surface area contributed by atoms with Crippen molar-refractivity contribution in [3.63, 3.8) is 0 Å². The third-order valence-electron chi connectivity index (χ3n) is 2.40. The lowest BCUT2D eigenvalue weighted by Gasteiger charge is -2.06. The summed E-state index contributed by atoms with van der Waals surface area (Å²) in [4.78, 5) is 4.21. The Bertz CT molecular complexity index is 600. The number of nitrogens with zero attached hydrogens (tertiary/aromatic N) is 2. The Morgan fingerprint density at radius 1 is 1.06 bits per heavy atom. The molecule has 2 aromatic heterocycles. The van der Waals surface area contributed by atoms with Gasteiger partial charge in [0.2, 0.25) is 0 Å². The van der Waals surface area contributed by atoms with Crippen LogP contribution in [0.3, 0.4) is 0 Å². The van der Waals surface area contributed by atoms with Gasteiger partial charge in [0.15, 0.2) is 0 Å². The molecule has 4 heteroatoms. The van der Waals surface area contributed by atoms with Crippen molar-refractivity contribution in [2.75, 3.05) is 5.32 Å². The van der Waals surface area contributed by atoms with E-state index in [0.29, 0.717) is 0 Å². The molecule has 16 heavy (non-hydrogen) atoms. The number of nitrogens with one attached hydrogen (secondary N) is 2. The summed E-state index contributed by atoms with van der Waals surface area (Å²) in [5.74, 6) is 0. The summed E-state index contributed by atoms with van der Waals surface area (Å²) in [6.45, 7) is 0. The van der Waals surface area contributed by atoms with Gasteiger partial charge in [-0.25, -0.2) is 0 Å². The number of benzene rings is 1. The topological polar surface area (TPSA) is 53.6 Å². The molecule has 2 heterocycles. The Morgan fingerprint density at radius 3 is 2.81 bits per heavy atom. The molecule has 0 saturated carbocycles. The van der Waals surface area contributed by atoms with Crippen molar-refractivity contribution in [2.24, 2.45) is 0 Å². The van der Waals surface area contributed by atoms with E-state index in [4.69, 9.17) is 0 Å². The highest BCUT2D eigenvalue weighted by molar-refractivity contribution is 5.88. The van der Waals surface area contributed by atoms with E-state index in [1.807, 2.05) is 36.4 Å². The van der Waals surface area contributed by atoms with Gasteiger partial charge in [0.1, 0.15) is 11.0 Å². The molecule has 2 N–H and O–H groups in total. The van der Waals surface area contributed by atoms with E-state index in [1.54, 1.807) is 12.4 Å². The first kappa shape index (κ1) is 8.91. The summed E-state index contributed by atoms with van der Waals surface area (Å²) in [7, 11) is 0. The van der Waals surface area contributed by atoms with Gasteiger partial charge < -0.3 is 5.32 Å². The number of anilines is 2. The van der Waals surface area contributed by atoms with Gasteiger partial charge in [0, 0.05) is 11.9 Å². The van der Waals surface area contributed by atoms with Crippen LogP contribution in [0, 0.1) is 0 Å². The first-order valence-electron chi connectivity index (χ1n) is 5.03. The Kier molecular flexibility index (Phi) is 2.04. The van der Waals surface area contributed by atoms with Gasteiger partial charge in [-0.15, -0.1) is 0 Å². The van der Waals surface area contributed by atoms with Crippen LogP contribution in [-0.4, -0.2) is 15.2 Å². The number of rotatable bonds is 2. The summed E-state index contributed by atoms with van der Waals surface area (Å²) in [5.41, 5.74) is 3.81. The number of pyridine rings is 1. The lowest BCUT2D eigenvalue weighted by molar-refractivity contribution is 1.12. The molecule has 1 aromatic carbocycles. The maximum atomic E-state index is 4.21. The largest absolute Gasteiger partial charge is 0.354 e. The predicted molar refractivity (Wildman–Crippen MR) is 63.6 cm³/mol. The van der Waals surface area contributed by atoms with E-state index in [-0.39, 0.29) is 0 Å². The highest BCUT2D eigenvalue weighted by atomic mass is 15.1. The number of hydrogen-bond donors (Lipinski definition) is 2. The molecule has 0 spiro atoms. The van der Waals surface area contributed by atoms with E-state index in [0.717, 1.165) is 22.4 Å². The van der Waals surface area contributed by atoms with E-state index in [1.165, 1.54) is 0 Å². The minimum Gasteiger partial charge on any atom is -0.354 e. The Hall–Kier alpha value is -2.36. The molecule has 0 radical (unpaired) electrons. The second-order valence-electron chi connectivity index (χ2n) is 3.48. The zero-order valence-electron chi connectivity index (χ0n) is 8.51. The van der Waals surface area contributed by atoms with Crippen molar-refractivity contribution < 1.29 is 0 Å². The number of aromatic amines is 1. The molecule has 0 unspecified atom stereocenters. The molecule has 0 atom stereocenters. The van der Waals surface area contributed by atoms with Crippen LogP contribution in [0.2, 0.25) is 0 Å². The van der Waals surface area contributed by atoms with Gasteiger partial charge in [0.25, 0.3) is 0 Å². The fraction of sp³-hybridized carbons (Fsp3) is 0. The minimum absolute atomic E-state index is 0.862. The molecular formula is C12H10N4. The van der Waals surface area contributed by atoms with Crippen LogP contribution in [0.25, 0.3) is 11.0 Å². The normalized spacial score (nSPS) is 10.5. The predicted octanol–water partition coefficient (Wildman–Crippen LogP) is 2.70. The molecule has 0 amide bonds. The first-order valence-corrected chi connectivity index (χ1v) is 5.03. The molecule has 78 valence electrons. The van der Waals surface area contributed by atoms with Gasteiger partial charge in [-0.1, -0.05) is 18.2 Å². The second-order valence-corrected chi connectivity index (χ2v) is 3.48. The number of H-pyrrole nitrogens is 1. The number of hydrogen-bond acceptors (Lipinski definition) is 3. The van der Waals surface area contributed by atoms with E-state index < -0.39 is 0 Å². The van der Waals surface area contributed by atoms with Crippen molar-refractivity contribution >= 4 is 22.4 Å². The third kappa shape index (κ3) is 1.50. The third-order valence-corrected chi connectivity index (χ3v) is 2.40. The van der Waals surface area contributed by atoms with Crippen molar-refractivity contribution in [1.82, 2.24) is 15.2 Å². The first-order chi connectivity index (χ1) is 7.93. The van der Waals surface area contributed by atoms with Gasteiger partial charge >= 0.3 is 0 Å². The van der Waals surface area contributed by atoms with Crippen molar-refractivity contribution in [2.45, 2.75) is 0 Å². The minimum atomic E-state index is 0.862. The van der Waals surface area contributed by atoms with Crippen LogP contribution >= 0.6 is 0 Å². The molecule has 0 aliphatic heterocycles. The molecule has 0 fully saturated rings. The van der Waals surface area contributed by atoms with Crippen LogP contribution in [-0.2, 0) is 0 Å². The lowest BCUT2D eigenvalue weighted by atomic mass is 10.3. The molecule has 3 aromatic rings. The summed E-state index contributed by atoms with van der Waals surface area (Å²) >= 11 is 0. The van der Waals surface area contributed by atoms with Crippen LogP contribution in [0.4, 0.5) is 11.4 Å². The van der Waals surface area contributed by atoms with Gasteiger partial charge in [-0.3, -0.25) is 10.1 Å². The van der Waals surface area contributed by atoms with Gasteiger partial charge in [-0.2, -0.15) is 5.10 Å². The van der Waals surface area contributed by atoms with Crippen LogP contribution in [0.5, 0.6) is 0 Å². The molecule has 0 bridgehead atoms. The average Bonchev–Trinajstić information content (AvgIpc) is 2.80. The van der Waals surface area contributed by atoms with Crippen LogP contribution in [0.15, 0.2) is 48.8 Å². The van der Waals surface area contributed by atoms with E-state index >= 15 is 0 Å². The average molecular weight is 210 g/mol. The van der Waals surface area contributed by atoms with Gasteiger partial charge in [-0.05, 0) is 18.2 Å². The van der Waals surface area contributed by atoms with Crippen LogP contribution in [0.1, 0.15) is 0 Å². The van der Waals surface area contributed by atoms with Crippen molar-refractivity contribution in [3.05, 3.63) is 48.8 Å². The Morgan fingerprint density at radius 2 is 1.94 bits per heavy atom. The van der Waals surface area contributed by atoms with Crippen molar-refractivity contribution in [3.8, 4) is 0 Å². The molecule has 0 aliphatic rings. The number of fused-ring (bicyclic) bond motifs is 1. The summed E-state index contributed by atoms with van der Waals surface area (Å²) < 4.78 is 0. The highest BCUT2D eigenvalue weighted by Gasteiger charge is 2.02. The Labute approximate surface area is 92.3 Å². The molecule has 4 nitrogen and oxygen atoms in total. The second kappa shape index (κ2) is 3.66. The summed E-state index contributed by atoms with van der Waals surface area (Å²) in [6.07, 6.45) is 3.48. The zero-order valence-corrected chi connectivity index (χ0v) is 8.51. The highest BCUT2D eigenvalue weighted by Crippen LogP contribution is 2.22. The smallest absolute Gasteiger partial charge is 0.110 e. The van der Waals surface area contributed by atoms with E-state index in [2.05, 4.69) is 20.5 Å². The molecular weight excluding hydrogens is 200 g/mol. The SMILES string of the molecule is c1ccc(Nc2ccnc3cn[nH]c23)cc1. The van der Waals surface area contributed by atoms with Crippen molar-refractivity contribution in [1.29, 1.82) is 0 Å². The van der Waals surface area contributed by atoms with E-state index in [9.17, 15) is 0 Å². The molecule has 3 rings (SSSR count). The maximum absolute atomic E-state index is 4.21. The summed E-state index contributed by atoms with van der Waals surface area (Å²) in [5, 5.41) is 10.2. The van der Waals surface area contributed by atoms with Gasteiger partial charge in [0.05, 0.1) is 11.9 Å². The quantitative estimate of drug-likeness (QED) is 0.683. The number of aromatic nitrogens is 3. The Balaban J connectivity index is 2.04. The maximum Gasteiger partial charge on any atom is 0.110 e. The fourth-order valence-electron chi connectivity index (χ4n) is 1.63. The number of para-hydroxylation sites is 1. The monoisotopic (exact) mass is 210 g/mol. The lowest BCUT2D eigenvalue weighted by Crippen LogP contribution is -1.91. The molecule has 0 saturated heterocycles. The fourth-order valence-corrected chi connectivity index (χ4v) is 1.63. The summed E-state index contributed by atoms with van der Waals surface area (Å²) in [6, 6.07) is 11.9.